The van der Waals surface area contributed by atoms with E-state index in [0.717, 1.165) is 12.8 Å². The molecular weight excluding hydrogens is 264 g/mol. The van der Waals surface area contributed by atoms with Crippen molar-refractivity contribution in [3.8, 4) is 5.75 Å². The number of amides is 1. The Hall–Kier alpha value is -1.94. The van der Waals surface area contributed by atoms with E-state index in [4.69, 9.17) is 11.6 Å². The minimum atomic E-state index is -0.218. The van der Waals surface area contributed by atoms with E-state index in [9.17, 15) is 9.90 Å². The van der Waals surface area contributed by atoms with Gasteiger partial charge in [0.2, 0.25) is 0 Å². The van der Waals surface area contributed by atoms with Gasteiger partial charge in [0.15, 0.2) is 0 Å². The molecular formula is C14H13ClN2O2. The molecule has 98 valence electrons. The van der Waals surface area contributed by atoms with E-state index in [-0.39, 0.29) is 11.7 Å². The van der Waals surface area contributed by atoms with E-state index in [1.165, 1.54) is 6.07 Å². The number of hydrogen-bond donors (Lipinski definition) is 2. The molecule has 4 nitrogen and oxygen atoms in total. The van der Waals surface area contributed by atoms with Gasteiger partial charge in [-0.1, -0.05) is 17.7 Å². The van der Waals surface area contributed by atoms with Crippen molar-refractivity contribution in [3.63, 3.8) is 0 Å². The number of aromatic hydroxyl groups is 1. The topological polar surface area (TPSA) is 54.3 Å². The van der Waals surface area contributed by atoms with E-state index in [2.05, 4.69) is 5.32 Å². The number of benzene rings is 1. The van der Waals surface area contributed by atoms with Crippen molar-refractivity contribution in [3.05, 3.63) is 47.2 Å². The fourth-order valence-electron chi connectivity index (χ4n) is 2.06. The van der Waals surface area contributed by atoms with Gasteiger partial charge in [-0.2, -0.15) is 0 Å². The summed E-state index contributed by atoms with van der Waals surface area (Å²) in [5.74, 6) is -0.0993. The molecule has 0 aliphatic heterocycles. The van der Waals surface area contributed by atoms with Gasteiger partial charge in [-0.05, 0) is 31.0 Å². The third-order valence-electron chi connectivity index (χ3n) is 3.09. The summed E-state index contributed by atoms with van der Waals surface area (Å²) in [4.78, 5) is 12.2. The summed E-state index contributed by atoms with van der Waals surface area (Å²) < 4.78 is 1.92. The molecule has 0 spiro atoms. The summed E-state index contributed by atoms with van der Waals surface area (Å²) >= 11 is 5.97. The summed E-state index contributed by atoms with van der Waals surface area (Å²) in [7, 11) is 0. The van der Waals surface area contributed by atoms with Crippen LogP contribution in [0, 0.1) is 0 Å². The number of carbonyl (C=O) groups excluding carboxylic acids is 1. The van der Waals surface area contributed by atoms with Gasteiger partial charge in [-0.3, -0.25) is 4.79 Å². The zero-order valence-electron chi connectivity index (χ0n) is 10.1. The van der Waals surface area contributed by atoms with Crippen molar-refractivity contribution in [2.75, 3.05) is 5.32 Å². The Kier molecular flexibility index (Phi) is 2.95. The first kappa shape index (κ1) is 12.1. The van der Waals surface area contributed by atoms with Crippen molar-refractivity contribution in [1.29, 1.82) is 0 Å². The molecule has 1 saturated carbocycles. The number of carbonyl (C=O) groups is 1. The van der Waals surface area contributed by atoms with Crippen LogP contribution < -0.4 is 5.32 Å². The highest BCUT2D eigenvalue weighted by atomic mass is 35.5. The molecule has 2 N–H and O–H groups in total. The highest BCUT2D eigenvalue weighted by Gasteiger charge is 2.27. The second-order valence-corrected chi connectivity index (χ2v) is 5.12. The summed E-state index contributed by atoms with van der Waals surface area (Å²) in [5, 5.41) is 12.7. The molecule has 1 amide bonds. The van der Waals surface area contributed by atoms with Crippen LogP contribution in [-0.2, 0) is 0 Å². The molecule has 1 heterocycles. The summed E-state index contributed by atoms with van der Waals surface area (Å²) in [6, 6.07) is 8.51. The van der Waals surface area contributed by atoms with Gasteiger partial charge in [0.1, 0.15) is 11.4 Å². The number of rotatable bonds is 3. The van der Waals surface area contributed by atoms with Crippen molar-refractivity contribution in [2.24, 2.45) is 0 Å². The highest BCUT2D eigenvalue weighted by Crippen LogP contribution is 2.37. The molecule has 0 bridgehead atoms. The van der Waals surface area contributed by atoms with Crippen LogP contribution in [-0.4, -0.2) is 15.6 Å². The highest BCUT2D eigenvalue weighted by molar-refractivity contribution is 6.31. The first-order valence-corrected chi connectivity index (χ1v) is 6.49. The Bertz CT molecular complexity index is 632. The van der Waals surface area contributed by atoms with E-state index in [1.54, 1.807) is 30.5 Å². The Morgan fingerprint density at radius 2 is 2.16 bits per heavy atom. The SMILES string of the molecule is O=C(Nc1cccc(O)c1)c1cc(Cl)cn1C1CC1. The van der Waals surface area contributed by atoms with Gasteiger partial charge in [-0.25, -0.2) is 0 Å². The average molecular weight is 277 g/mol. The van der Waals surface area contributed by atoms with Crippen LogP contribution in [0.25, 0.3) is 0 Å². The Labute approximate surface area is 115 Å². The van der Waals surface area contributed by atoms with Gasteiger partial charge >= 0.3 is 0 Å². The lowest BCUT2D eigenvalue weighted by Crippen LogP contribution is -2.16. The summed E-state index contributed by atoms with van der Waals surface area (Å²) in [6.45, 7) is 0. The van der Waals surface area contributed by atoms with E-state index in [1.807, 2.05) is 4.57 Å². The van der Waals surface area contributed by atoms with Crippen LogP contribution in [0.3, 0.4) is 0 Å². The lowest BCUT2D eigenvalue weighted by atomic mass is 10.3. The molecule has 1 aliphatic carbocycles. The Morgan fingerprint density at radius 3 is 2.84 bits per heavy atom. The maximum Gasteiger partial charge on any atom is 0.272 e. The molecule has 3 rings (SSSR count). The molecule has 1 aliphatic rings. The number of phenols is 1. The lowest BCUT2D eigenvalue weighted by molar-refractivity contribution is 0.101. The van der Waals surface area contributed by atoms with Crippen LogP contribution >= 0.6 is 11.6 Å². The molecule has 0 unspecified atom stereocenters. The zero-order chi connectivity index (χ0) is 13.4. The average Bonchev–Trinajstić information content (AvgIpc) is 3.12. The molecule has 0 radical (unpaired) electrons. The third kappa shape index (κ3) is 2.58. The van der Waals surface area contributed by atoms with Gasteiger partial charge in [-0.15, -0.1) is 0 Å². The third-order valence-corrected chi connectivity index (χ3v) is 3.30. The van der Waals surface area contributed by atoms with E-state index < -0.39 is 0 Å². The first-order valence-electron chi connectivity index (χ1n) is 6.11. The quantitative estimate of drug-likeness (QED) is 0.902. The van der Waals surface area contributed by atoms with Gasteiger partial charge in [0.05, 0.1) is 5.02 Å². The fourth-order valence-corrected chi connectivity index (χ4v) is 2.27. The maximum atomic E-state index is 12.2. The van der Waals surface area contributed by atoms with Gasteiger partial charge in [0.25, 0.3) is 5.91 Å². The van der Waals surface area contributed by atoms with Crippen molar-refractivity contribution >= 4 is 23.2 Å². The van der Waals surface area contributed by atoms with Crippen LogP contribution in [0.5, 0.6) is 5.75 Å². The van der Waals surface area contributed by atoms with Crippen molar-refractivity contribution in [2.45, 2.75) is 18.9 Å². The number of aromatic nitrogens is 1. The summed E-state index contributed by atoms with van der Waals surface area (Å²) in [5.41, 5.74) is 1.11. The molecule has 19 heavy (non-hydrogen) atoms. The van der Waals surface area contributed by atoms with E-state index >= 15 is 0 Å². The molecule has 5 heteroatoms. The van der Waals surface area contributed by atoms with Crippen molar-refractivity contribution < 1.29 is 9.90 Å². The monoisotopic (exact) mass is 276 g/mol. The van der Waals surface area contributed by atoms with Gasteiger partial charge < -0.3 is 15.0 Å². The smallest absolute Gasteiger partial charge is 0.272 e. The second kappa shape index (κ2) is 4.63. The molecule has 1 fully saturated rings. The number of halogens is 1. The standard InChI is InChI=1S/C14H13ClN2O2/c15-9-6-13(17(8-9)11-4-5-11)14(19)16-10-2-1-3-12(18)7-10/h1-3,6-8,11,18H,4-5H2,(H,16,19). The van der Waals surface area contributed by atoms with Crippen LogP contribution in [0.15, 0.2) is 36.5 Å². The van der Waals surface area contributed by atoms with Crippen LogP contribution in [0.2, 0.25) is 5.02 Å². The normalized spacial score (nSPS) is 14.4. The predicted octanol–water partition coefficient (Wildman–Crippen LogP) is 3.43. The lowest BCUT2D eigenvalue weighted by Gasteiger charge is -2.08. The van der Waals surface area contributed by atoms with Crippen molar-refractivity contribution in [1.82, 2.24) is 4.57 Å². The predicted molar refractivity (Wildman–Crippen MR) is 73.8 cm³/mol. The first-order chi connectivity index (χ1) is 9.13. The molecule has 0 atom stereocenters. The number of phenolic OH excluding ortho intramolecular Hbond substituents is 1. The van der Waals surface area contributed by atoms with Crippen LogP contribution in [0.1, 0.15) is 29.4 Å². The number of hydrogen-bond acceptors (Lipinski definition) is 2. The number of anilines is 1. The van der Waals surface area contributed by atoms with Crippen LogP contribution in [0.4, 0.5) is 5.69 Å². The summed E-state index contributed by atoms with van der Waals surface area (Å²) in [6.07, 6.45) is 3.95. The largest absolute Gasteiger partial charge is 0.508 e. The zero-order valence-corrected chi connectivity index (χ0v) is 10.9. The Morgan fingerprint density at radius 1 is 1.37 bits per heavy atom. The van der Waals surface area contributed by atoms with E-state index in [0.29, 0.717) is 22.4 Å². The second-order valence-electron chi connectivity index (χ2n) is 4.69. The molecule has 1 aromatic heterocycles. The Balaban J connectivity index is 1.84. The molecule has 1 aromatic carbocycles. The molecule has 2 aromatic rings. The minimum absolute atomic E-state index is 0.119. The minimum Gasteiger partial charge on any atom is -0.508 e. The number of nitrogens with zero attached hydrogens (tertiary/aromatic N) is 1. The number of nitrogens with one attached hydrogen (secondary N) is 1. The van der Waals surface area contributed by atoms with Gasteiger partial charge in [0, 0.05) is 24.0 Å². The molecule has 0 saturated heterocycles. The maximum absolute atomic E-state index is 12.2. The fraction of sp³-hybridized carbons (Fsp3) is 0.214.